The predicted octanol–water partition coefficient (Wildman–Crippen LogP) is 18.0. The van der Waals surface area contributed by atoms with E-state index in [1.165, 1.54) is 54.8 Å². The highest BCUT2D eigenvalue weighted by atomic mass is 16.3. The Balaban J connectivity index is 0.929. The van der Waals surface area contributed by atoms with Crippen LogP contribution in [0.5, 0.6) is 0 Å². The Kier molecular flexibility index (Phi) is 9.17. The normalized spacial score (nSPS) is 11.6. The van der Waals surface area contributed by atoms with E-state index in [0.717, 1.165) is 66.9 Å². The van der Waals surface area contributed by atoms with Gasteiger partial charge in [0.15, 0.2) is 0 Å². The number of para-hydroxylation sites is 4. The maximum absolute atomic E-state index is 6.46. The van der Waals surface area contributed by atoms with Gasteiger partial charge < -0.3 is 13.9 Å². The molecular weight excluding hydrogens is 813 g/mol. The molecule has 0 saturated carbocycles. The molecule has 314 valence electrons. The van der Waals surface area contributed by atoms with Crippen LogP contribution in [0, 0.1) is 0 Å². The molecular formula is C64H42N2O. The molecule has 3 nitrogen and oxygen atoms in total. The summed E-state index contributed by atoms with van der Waals surface area (Å²) in [6.07, 6.45) is 0. The number of furan rings is 1. The quantitative estimate of drug-likeness (QED) is 0.152. The number of aromatic nitrogens is 1. The average molecular weight is 855 g/mol. The summed E-state index contributed by atoms with van der Waals surface area (Å²) in [6.45, 7) is 0. The Morgan fingerprint density at radius 3 is 1.48 bits per heavy atom. The van der Waals surface area contributed by atoms with Gasteiger partial charge in [0.2, 0.25) is 0 Å². The Hall–Kier alpha value is -8.92. The topological polar surface area (TPSA) is 21.3 Å². The first-order valence-electron chi connectivity index (χ1n) is 22.9. The summed E-state index contributed by atoms with van der Waals surface area (Å²) < 4.78 is 8.91. The van der Waals surface area contributed by atoms with Gasteiger partial charge in [-0.1, -0.05) is 188 Å². The molecule has 0 N–H and O–H groups in total. The van der Waals surface area contributed by atoms with E-state index in [2.05, 4.69) is 252 Å². The second kappa shape index (κ2) is 16.0. The van der Waals surface area contributed by atoms with Gasteiger partial charge in [0, 0.05) is 49.7 Å². The fourth-order valence-corrected chi connectivity index (χ4v) is 10.1. The largest absolute Gasteiger partial charge is 0.455 e. The molecule has 0 atom stereocenters. The number of nitrogens with zero attached hydrogens (tertiary/aromatic N) is 2. The van der Waals surface area contributed by atoms with Crippen molar-refractivity contribution in [1.82, 2.24) is 4.57 Å². The van der Waals surface area contributed by atoms with Gasteiger partial charge in [-0.3, -0.25) is 0 Å². The van der Waals surface area contributed by atoms with Crippen LogP contribution in [0.3, 0.4) is 0 Å². The summed E-state index contributed by atoms with van der Waals surface area (Å²) >= 11 is 0. The second-order valence-electron chi connectivity index (χ2n) is 17.3. The summed E-state index contributed by atoms with van der Waals surface area (Å²) in [4.78, 5) is 2.35. The first-order valence-corrected chi connectivity index (χ1v) is 22.9. The summed E-state index contributed by atoms with van der Waals surface area (Å²) in [5, 5.41) is 7.22. The SMILES string of the molecule is c1ccc(-c2ccc(-c3ccc(N(c4ccc(-c5ccc6ccccc6c5)cc4)c4ccc(-c5cccc6c5oc5ccccc56)cc4)cc3)c(-n3c4ccccc4c4ccccc43)c2)cc1. The van der Waals surface area contributed by atoms with E-state index in [4.69, 9.17) is 4.42 Å². The molecule has 0 aliphatic carbocycles. The van der Waals surface area contributed by atoms with E-state index in [1.807, 2.05) is 12.1 Å². The lowest BCUT2D eigenvalue weighted by molar-refractivity contribution is 0.670. The van der Waals surface area contributed by atoms with Gasteiger partial charge in [-0.05, 0) is 111 Å². The molecule has 0 bridgehead atoms. The zero-order valence-corrected chi connectivity index (χ0v) is 36.6. The summed E-state index contributed by atoms with van der Waals surface area (Å²) in [5.41, 5.74) is 17.7. The summed E-state index contributed by atoms with van der Waals surface area (Å²) in [6, 6.07) is 91.9. The molecule has 0 unspecified atom stereocenters. The molecule has 0 fully saturated rings. The molecule has 0 amide bonds. The highest BCUT2D eigenvalue weighted by Gasteiger charge is 2.19. The van der Waals surface area contributed by atoms with E-state index in [1.54, 1.807) is 0 Å². The van der Waals surface area contributed by atoms with Crippen LogP contribution in [-0.4, -0.2) is 4.57 Å². The molecule has 67 heavy (non-hydrogen) atoms. The second-order valence-corrected chi connectivity index (χ2v) is 17.3. The zero-order valence-electron chi connectivity index (χ0n) is 36.6. The molecule has 13 rings (SSSR count). The number of anilines is 3. The van der Waals surface area contributed by atoms with Gasteiger partial charge in [0.05, 0.1) is 16.7 Å². The van der Waals surface area contributed by atoms with Crippen LogP contribution in [0.4, 0.5) is 17.1 Å². The molecule has 2 aromatic heterocycles. The maximum Gasteiger partial charge on any atom is 0.143 e. The minimum absolute atomic E-state index is 0.901. The van der Waals surface area contributed by atoms with E-state index in [9.17, 15) is 0 Å². The summed E-state index contributed by atoms with van der Waals surface area (Å²) in [7, 11) is 0. The van der Waals surface area contributed by atoms with Gasteiger partial charge >= 0.3 is 0 Å². The van der Waals surface area contributed by atoms with Crippen molar-refractivity contribution in [2.24, 2.45) is 0 Å². The third kappa shape index (κ3) is 6.67. The lowest BCUT2D eigenvalue weighted by atomic mass is 9.97. The van der Waals surface area contributed by atoms with E-state index in [0.29, 0.717) is 0 Å². The van der Waals surface area contributed by atoms with Gasteiger partial charge in [-0.2, -0.15) is 0 Å². The average Bonchev–Trinajstić information content (AvgIpc) is 3.96. The van der Waals surface area contributed by atoms with E-state index < -0.39 is 0 Å². The monoisotopic (exact) mass is 854 g/mol. The standard InChI is InChI=1S/C64H42N2O/c1-2-13-43(14-3-1)50-33-40-54(62(42-50)66-60-22-9-6-17-56(60)57-18-7-10-23-61(57)66)46-29-36-52(37-30-46)65(51-34-27-45(28-35-51)49-26-25-44-15-4-5-16-48(44)41-49)53-38-31-47(32-39-53)55-20-12-21-59-58-19-8-11-24-63(58)67-64(55)59/h1-42H. The van der Waals surface area contributed by atoms with Crippen molar-refractivity contribution < 1.29 is 4.42 Å². The molecule has 0 aliphatic heterocycles. The van der Waals surface area contributed by atoms with Crippen molar-refractivity contribution in [3.63, 3.8) is 0 Å². The van der Waals surface area contributed by atoms with Crippen LogP contribution in [0.25, 0.3) is 105 Å². The number of rotatable bonds is 8. The third-order valence-corrected chi connectivity index (χ3v) is 13.4. The van der Waals surface area contributed by atoms with Crippen LogP contribution in [0.1, 0.15) is 0 Å². The molecule has 0 saturated heterocycles. The van der Waals surface area contributed by atoms with Gasteiger partial charge in [-0.25, -0.2) is 0 Å². The Bertz CT molecular complexity index is 3900. The third-order valence-electron chi connectivity index (χ3n) is 13.4. The Morgan fingerprint density at radius 1 is 0.299 bits per heavy atom. The summed E-state index contributed by atoms with van der Waals surface area (Å²) in [5.74, 6) is 0. The lowest BCUT2D eigenvalue weighted by Gasteiger charge is -2.26. The van der Waals surface area contributed by atoms with Gasteiger partial charge in [0.25, 0.3) is 0 Å². The van der Waals surface area contributed by atoms with Gasteiger partial charge in [-0.15, -0.1) is 0 Å². The molecule has 13 aromatic rings. The highest BCUT2D eigenvalue weighted by Crippen LogP contribution is 2.42. The van der Waals surface area contributed by atoms with E-state index in [-0.39, 0.29) is 0 Å². The van der Waals surface area contributed by atoms with Crippen molar-refractivity contribution in [3.05, 3.63) is 255 Å². The number of hydrogen-bond donors (Lipinski definition) is 0. The molecule has 0 spiro atoms. The van der Waals surface area contributed by atoms with E-state index >= 15 is 0 Å². The number of fused-ring (bicyclic) bond motifs is 7. The predicted molar refractivity (Wildman–Crippen MR) is 282 cm³/mol. The molecule has 3 heteroatoms. The molecule has 11 aromatic carbocycles. The van der Waals surface area contributed by atoms with Crippen LogP contribution in [0.15, 0.2) is 259 Å². The molecule has 2 heterocycles. The smallest absolute Gasteiger partial charge is 0.143 e. The van der Waals surface area contributed by atoms with Crippen molar-refractivity contribution in [3.8, 4) is 50.2 Å². The van der Waals surface area contributed by atoms with Crippen molar-refractivity contribution in [1.29, 1.82) is 0 Å². The van der Waals surface area contributed by atoms with Crippen LogP contribution >= 0.6 is 0 Å². The lowest BCUT2D eigenvalue weighted by Crippen LogP contribution is -2.10. The van der Waals surface area contributed by atoms with Crippen LogP contribution in [-0.2, 0) is 0 Å². The number of benzene rings is 11. The van der Waals surface area contributed by atoms with Crippen molar-refractivity contribution >= 4 is 71.6 Å². The van der Waals surface area contributed by atoms with Crippen molar-refractivity contribution in [2.75, 3.05) is 4.90 Å². The van der Waals surface area contributed by atoms with Gasteiger partial charge in [0.1, 0.15) is 11.2 Å². The molecule has 0 radical (unpaired) electrons. The Labute approximate surface area is 388 Å². The van der Waals surface area contributed by atoms with Crippen LogP contribution < -0.4 is 4.90 Å². The fourth-order valence-electron chi connectivity index (χ4n) is 10.1. The molecule has 0 aliphatic rings. The zero-order chi connectivity index (χ0) is 44.3. The highest BCUT2D eigenvalue weighted by molar-refractivity contribution is 6.11. The maximum atomic E-state index is 6.46. The minimum atomic E-state index is 0.901. The minimum Gasteiger partial charge on any atom is -0.455 e. The first kappa shape index (κ1) is 38.5. The fraction of sp³-hybridized carbons (Fsp3) is 0. The van der Waals surface area contributed by atoms with Crippen LogP contribution in [0.2, 0.25) is 0 Å². The number of hydrogen-bond acceptors (Lipinski definition) is 2. The van der Waals surface area contributed by atoms with Crippen molar-refractivity contribution in [2.45, 2.75) is 0 Å². The Morgan fingerprint density at radius 2 is 0.791 bits per heavy atom. The first-order chi connectivity index (χ1) is 33.2.